The number of carbonyl (C=O) groups is 1. The summed E-state index contributed by atoms with van der Waals surface area (Å²) in [6, 6.07) is 15.7. The first-order chi connectivity index (χ1) is 17.5. The highest BCUT2D eigenvalue weighted by atomic mass is 28.4. The summed E-state index contributed by atoms with van der Waals surface area (Å²) in [5.41, 5.74) is 2.84. The zero-order chi connectivity index (χ0) is 26.6. The molecule has 1 saturated heterocycles. The highest BCUT2D eigenvalue weighted by Crippen LogP contribution is 2.37. The van der Waals surface area contributed by atoms with Gasteiger partial charge in [-0.05, 0) is 80.2 Å². The van der Waals surface area contributed by atoms with Crippen molar-refractivity contribution >= 4 is 25.3 Å². The fraction of sp³-hybridized carbons (Fsp3) is 0.517. The normalized spacial score (nSPS) is 16.7. The highest BCUT2D eigenvalue weighted by molar-refractivity contribution is 6.74. The molecule has 3 aromatic rings. The van der Waals surface area contributed by atoms with E-state index in [0.29, 0.717) is 29.1 Å². The quantitative estimate of drug-likeness (QED) is 0.377. The summed E-state index contributed by atoms with van der Waals surface area (Å²) >= 11 is 0. The molecule has 1 aliphatic rings. The van der Waals surface area contributed by atoms with E-state index >= 15 is 0 Å². The first-order valence-corrected chi connectivity index (χ1v) is 16.3. The highest BCUT2D eigenvalue weighted by Gasteiger charge is 2.39. The van der Waals surface area contributed by atoms with Gasteiger partial charge in [-0.2, -0.15) is 0 Å². The molecule has 0 saturated carbocycles. The second-order valence-electron chi connectivity index (χ2n) is 11.9. The molecule has 1 aliphatic heterocycles. The zero-order valence-electron chi connectivity index (χ0n) is 22.8. The summed E-state index contributed by atoms with van der Waals surface area (Å²) < 4.78 is 11.9. The molecule has 1 atom stereocenters. The first-order valence-electron chi connectivity index (χ1n) is 13.4. The lowest BCUT2D eigenvalue weighted by atomic mass is 9.90. The molecule has 2 heterocycles. The zero-order valence-corrected chi connectivity index (χ0v) is 23.8. The minimum atomic E-state index is -2.03. The Kier molecular flexibility index (Phi) is 8.41. The number of hydrogen-bond acceptors (Lipinski definition) is 5. The van der Waals surface area contributed by atoms with Crippen molar-refractivity contribution in [1.29, 1.82) is 0 Å². The Labute approximate surface area is 220 Å². The van der Waals surface area contributed by atoms with E-state index in [1.54, 1.807) is 18.2 Å². The lowest BCUT2D eigenvalue weighted by Crippen LogP contribution is -2.51. The van der Waals surface area contributed by atoms with Crippen LogP contribution in [-0.4, -0.2) is 56.4 Å². The van der Waals surface area contributed by atoms with E-state index in [1.165, 1.54) is 18.4 Å². The molecular formula is C29H41N3O4Si. The summed E-state index contributed by atoms with van der Waals surface area (Å²) in [5, 5.41) is 3.16. The van der Waals surface area contributed by atoms with E-state index in [0.717, 1.165) is 26.1 Å². The average Bonchev–Trinajstić information content (AvgIpc) is 3.22. The van der Waals surface area contributed by atoms with E-state index in [4.69, 9.17) is 8.84 Å². The summed E-state index contributed by atoms with van der Waals surface area (Å²) in [5.74, 6) is -0.0133. The number of benzene rings is 2. The Hall–Kier alpha value is -2.68. The molecule has 1 aromatic heterocycles. The van der Waals surface area contributed by atoms with Crippen LogP contribution < -0.4 is 11.1 Å². The van der Waals surface area contributed by atoms with Crippen molar-refractivity contribution < 1.29 is 13.6 Å². The van der Waals surface area contributed by atoms with Crippen LogP contribution in [0.15, 0.2) is 57.7 Å². The van der Waals surface area contributed by atoms with Crippen molar-refractivity contribution in [3.8, 4) is 0 Å². The molecule has 2 N–H and O–H groups in total. The smallest absolute Gasteiger partial charge is 0.411 e. The largest absolute Gasteiger partial charge is 0.417 e. The predicted octanol–water partition coefficient (Wildman–Crippen LogP) is 5.20. The van der Waals surface area contributed by atoms with Crippen molar-refractivity contribution in [3.63, 3.8) is 0 Å². The van der Waals surface area contributed by atoms with Gasteiger partial charge in [-0.3, -0.25) is 9.78 Å². The fourth-order valence-electron chi connectivity index (χ4n) is 4.74. The van der Waals surface area contributed by atoms with Gasteiger partial charge in [0.2, 0.25) is 0 Å². The number of oxazole rings is 1. The standard InChI is InChI=1S/C29H41N3O4Si/c1-29(2,3)37(4,5)36-24(19-30-27(33)23-11-12-25-26(18-23)35-28(34)31-25)20-32-15-13-22(14-16-32)17-21-9-7-6-8-10-21/h6-12,18,22,24H,13-17,19-20H2,1-5H3,(H,30,33)(H,31,34). The molecule has 8 heteroatoms. The lowest BCUT2D eigenvalue weighted by Gasteiger charge is -2.41. The maximum atomic E-state index is 13.0. The van der Waals surface area contributed by atoms with E-state index in [2.05, 4.69) is 79.4 Å². The molecule has 2 aromatic carbocycles. The van der Waals surface area contributed by atoms with E-state index in [1.807, 2.05) is 0 Å². The van der Waals surface area contributed by atoms with E-state index in [9.17, 15) is 9.59 Å². The topological polar surface area (TPSA) is 87.6 Å². The van der Waals surface area contributed by atoms with Gasteiger partial charge < -0.3 is 19.1 Å². The number of piperidine rings is 1. The molecule has 7 nitrogen and oxygen atoms in total. The van der Waals surface area contributed by atoms with Gasteiger partial charge in [0.25, 0.3) is 5.91 Å². The molecule has 200 valence electrons. The third kappa shape index (κ3) is 7.21. The van der Waals surface area contributed by atoms with Crippen molar-refractivity contribution in [1.82, 2.24) is 15.2 Å². The van der Waals surface area contributed by atoms with Gasteiger partial charge in [0.1, 0.15) is 0 Å². The maximum absolute atomic E-state index is 13.0. The van der Waals surface area contributed by atoms with Gasteiger partial charge in [0.05, 0.1) is 11.6 Å². The van der Waals surface area contributed by atoms with Gasteiger partial charge in [-0.1, -0.05) is 51.1 Å². The van der Waals surface area contributed by atoms with Crippen LogP contribution in [0.1, 0.15) is 49.5 Å². The maximum Gasteiger partial charge on any atom is 0.417 e. The number of nitrogens with one attached hydrogen (secondary N) is 2. The molecule has 0 spiro atoms. The van der Waals surface area contributed by atoms with Crippen molar-refractivity contribution in [2.75, 3.05) is 26.2 Å². The summed E-state index contributed by atoms with van der Waals surface area (Å²) in [6.45, 7) is 14.6. The molecule has 37 heavy (non-hydrogen) atoms. The van der Waals surface area contributed by atoms with E-state index < -0.39 is 14.1 Å². The number of likely N-dealkylation sites (tertiary alicyclic amines) is 1. The minimum absolute atomic E-state index is 0.0782. The Morgan fingerprint density at radius 3 is 2.54 bits per heavy atom. The Morgan fingerprint density at radius 1 is 1.16 bits per heavy atom. The lowest BCUT2D eigenvalue weighted by molar-refractivity contribution is 0.0819. The number of amides is 1. The van der Waals surface area contributed by atoms with Gasteiger partial charge >= 0.3 is 5.76 Å². The Balaban J connectivity index is 1.37. The molecule has 1 unspecified atom stereocenters. The Morgan fingerprint density at radius 2 is 1.86 bits per heavy atom. The fourth-order valence-corrected chi connectivity index (χ4v) is 6.09. The molecular weight excluding hydrogens is 482 g/mol. The van der Waals surface area contributed by atoms with Crippen LogP contribution >= 0.6 is 0 Å². The number of aromatic nitrogens is 1. The number of H-pyrrole nitrogens is 1. The third-order valence-electron chi connectivity index (χ3n) is 7.98. The van der Waals surface area contributed by atoms with Gasteiger partial charge in [0, 0.05) is 18.7 Å². The van der Waals surface area contributed by atoms with Crippen LogP contribution in [-0.2, 0) is 10.8 Å². The molecule has 1 amide bonds. The average molecular weight is 524 g/mol. The van der Waals surface area contributed by atoms with Crippen molar-refractivity contribution in [3.05, 3.63) is 70.2 Å². The van der Waals surface area contributed by atoms with Crippen LogP contribution in [0.5, 0.6) is 0 Å². The van der Waals surface area contributed by atoms with Crippen LogP contribution in [0.4, 0.5) is 0 Å². The second kappa shape index (κ2) is 11.4. The van der Waals surface area contributed by atoms with Crippen LogP contribution in [0.25, 0.3) is 11.1 Å². The molecule has 0 bridgehead atoms. The Bertz CT molecular complexity index is 1240. The number of fused-ring (bicyclic) bond motifs is 1. The van der Waals surface area contributed by atoms with Gasteiger partial charge in [-0.15, -0.1) is 0 Å². The third-order valence-corrected chi connectivity index (χ3v) is 12.5. The number of aromatic amines is 1. The number of nitrogens with zero attached hydrogens (tertiary/aromatic N) is 1. The molecule has 1 fully saturated rings. The number of hydrogen-bond donors (Lipinski definition) is 2. The van der Waals surface area contributed by atoms with Crippen molar-refractivity contribution in [2.45, 2.75) is 64.3 Å². The summed E-state index contributed by atoms with van der Waals surface area (Å²) in [4.78, 5) is 29.5. The monoisotopic (exact) mass is 523 g/mol. The van der Waals surface area contributed by atoms with Crippen LogP contribution in [0.3, 0.4) is 0 Å². The minimum Gasteiger partial charge on any atom is -0.411 e. The van der Waals surface area contributed by atoms with Gasteiger partial charge in [0.15, 0.2) is 13.9 Å². The molecule has 4 rings (SSSR count). The van der Waals surface area contributed by atoms with Crippen molar-refractivity contribution in [2.24, 2.45) is 5.92 Å². The molecule has 0 radical (unpaired) electrons. The summed E-state index contributed by atoms with van der Waals surface area (Å²) in [7, 11) is -2.03. The molecule has 0 aliphatic carbocycles. The number of rotatable bonds is 9. The predicted molar refractivity (Wildman–Crippen MR) is 151 cm³/mol. The number of carbonyl (C=O) groups excluding carboxylic acids is 1. The van der Waals surface area contributed by atoms with E-state index in [-0.39, 0.29) is 17.0 Å². The van der Waals surface area contributed by atoms with Crippen LogP contribution in [0, 0.1) is 5.92 Å². The second-order valence-corrected chi connectivity index (χ2v) is 16.6. The van der Waals surface area contributed by atoms with Gasteiger partial charge in [-0.25, -0.2) is 4.79 Å². The summed E-state index contributed by atoms with van der Waals surface area (Å²) in [6.07, 6.45) is 3.40. The SMILES string of the molecule is CC(C)(C)[Si](C)(C)OC(CNC(=O)c1ccc2[nH]c(=O)oc2c1)CN1CCC(Cc2ccccc2)CC1. The first kappa shape index (κ1) is 27.4. The van der Waals surface area contributed by atoms with Crippen LogP contribution in [0.2, 0.25) is 18.1 Å².